The summed E-state index contributed by atoms with van der Waals surface area (Å²) in [6.45, 7) is 3.99. The summed E-state index contributed by atoms with van der Waals surface area (Å²) in [6.07, 6.45) is 0.890. The fourth-order valence-electron chi connectivity index (χ4n) is 3.48. The van der Waals surface area contributed by atoms with Gasteiger partial charge in [0.2, 0.25) is 11.1 Å². The summed E-state index contributed by atoms with van der Waals surface area (Å²) in [5.74, 6) is 1.54. The lowest BCUT2D eigenvalue weighted by Gasteiger charge is -2.25. The van der Waals surface area contributed by atoms with E-state index in [1.54, 1.807) is 7.11 Å². The summed E-state index contributed by atoms with van der Waals surface area (Å²) < 4.78 is 5.18. The molecule has 0 aliphatic carbocycles. The molecule has 0 spiro atoms. The number of nitrogens with zero attached hydrogens (tertiary/aromatic N) is 3. The number of fused-ring (bicyclic) bond motifs is 1. The number of carbonyl (C=O) groups excluding carboxylic acids is 1. The van der Waals surface area contributed by atoms with Gasteiger partial charge in [0.15, 0.2) is 5.82 Å². The maximum Gasteiger partial charge on any atom is 0.240 e. The lowest BCUT2D eigenvalue weighted by molar-refractivity contribution is -0.118. The van der Waals surface area contributed by atoms with Crippen molar-refractivity contribution in [3.05, 3.63) is 54.1 Å². The van der Waals surface area contributed by atoms with Crippen molar-refractivity contribution in [1.82, 2.24) is 15.2 Å². The molecule has 0 fully saturated rings. The summed E-state index contributed by atoms with van der Waals surface area (Å²) in [5, 5.41) is 7.50. The second-order valence-corrected chi connectivity index (χ2v) is 8.15. The highest BCUT2D eigenvalue weighted by Crippen LogP contribution is 2.34. The maximum atomic E-state index is 13.1. The van der Waals surface area contributed by atoms with Gasteiger partial charge in [-0.15, -0.1) is 5.10 Å². The zero-order valence-electron chi connectivity index (χ0n) is 16.0. The molecule has 4 rings (SSSR count). The summed E-state index contributed by atoms with van der Waals surface area (Å²) in [4.78, 5) is 19.5. The van der Waals surface area contributed by atoms with E-state index < -0.39 is 0 Å². The minimum atomic E-state index is -0.284. The van der Waals surface area contributed by atoms with E-state index in [-0.39, 0.29) is 17.2 Å². The average molecular weight is 395 g/mol. The van der Waals surface area contributed by atoms with Crippen molar-refractivity contribution in [3.63, 3.8) is 0 Å². The second-order valence-electron chi connectivity index (χ2n) is 6.85. The van der Waals surface area contributed by atoms with Gasteiger partial charge < -0.3 is 9.64 Å². The van der Waals surface area contributed by atoms with E-state index in [2.05, 4.69) is 28.2 Å². The Bertz CT molecular complexity index is 986. The average Bonchev–Trinajstić information content (AvgIpc) is 3.31. The summed E-state index contributed by atoms with van der Waals surface area (Å²) in [6, 6.07) is 15.9. The van der Waals surface area contributed by atoms with Gasteiger partial charge in [0.05, 0.1) is 12.4 Å². The first kappa shape index (κ1) is 18.6. The zero-order valence-corrected chi connectivity index (χ0v) is 16.9. The molecular formula is C21H22N4O2S. The molecule has 0 bridgehead atoms. The Labute approximate surface area is 168 Å². The number of para-hydroxylation sites is 1. The largest absolute Gasteiger partial charge is 0.497 e. The lowest BCUT2D eigenvalue weighted by atomic mass is 10.1. The molecule has 0 saturated carbocycles. The van der Waals surface area contributed by atoms with Crippen LogP contribution in [0, 0.1) is 0 Å². The van der Waals surface area contributed by atoms with E-state index in [0.29, 0.717) is 11.0 Å². The van der Waals surface area contributed by atoms with E-state index in [4.69, 9.17) is 4.74 Å². The number of amides is 1. The molecule has 1 aromatic heterocycles. The zero-order chi connectivity index (χ0) is 19.7. The first-order valence-electron chi connectivity index (χ1n) is 9.21. The highest BCUT2D eigenvalue weighted by molar-refractivity contribution is 8.00. The third-order valence-corrected chi connectivity index (χ3v) is 5.85. The predicted octanol–water partition coefficient (Wildman–Crippen LogP) is 3.94. The number of carbonyl (C=O) groups is 1. The summed E-state index contributed by atoms with van der Waals surface area (Å²) in [7, 11) is 1.64. The first-order chi connectivity index (χ1) is 13.6. The van der Waals surface area contributed by atoms with Crippen molar-refractivity contribution in [3.8, 4) is 17.1 Å². The molecule has 3 aromatic rings. The van der Waals surface area contributed by atoms with Crippen LogP contribution in [-0.4, -0.2) is 39.5 Å². The summed E-state index contributed by atoms with van der Waals surface area (Å²) >= 11 is 1.37. The Morgan fingerprint density at radius 2 is 2.00 bits per heavy atom. The molecule has 2 heterocycles. The van der Waals surface area contributed by atoms with Crippen molar-refractivity contribution in [2.45, 2.75) is 36.7 Å². The van der Waals surface area contributed by atoms with E-state index >= 15 is 0 Å². The van der Waals surface area contributed by atoms with Crippen LogP contribution in [0.2, 0.25) is 0 Å². The van der Waals surface area contributed by atoms with Crippen LogP contribution in [0.4, 0.5) is 5.69 Å². The molecule has 2 aromatic carbocycles. The molecule has 1 aliphatic heterocycles. The molecule has 6 nitrogen and oxygen atoms in total. The SMILES string of the molecule is COc1ccc(-c2nc(S[C@H](C)C(=O)N3c4ccccc4C[C@@H]3C)n[nH]2)cc1. The molecule has 1 amide bonds. The van der Waals surface area contributed by atoms with E-state index in [9.17, 15) is 4.79 Å². The monoisotopic (exact) mass is 394 g/mol. The molecule has 144 valence electrons. The minimum absolute atomic E-state index is 0.0817. The molecule has 0 saturated heterocycles. The normalized spacial score (nSPS) is 16.7. The number of thioether (sulfide) groups is 1. The van der Waals surface area contributed by atoms with Crippen molar-refractivity contribution >= 4 is 23.4 Å². The van der Waals surface area contributed by atoms with Crippen molar-refractivity contribution < 1.29 is 9.53 Å². The van der Waals surface area contributed by atoms with Crippen molar-refractivity contribution in [1.29, 1.82) is 0 Å². The van der Waals surface area contributed by atoms with Crippen LogP contribution in [0.5, 0.6) is 5.75 Å². The van der Waals surface area contributed by atoms with Crippen LogP contribution in [-0.2, 0) is 11.2 Å². The van der Waals surface area contributed by atoms with Gasteiger partial charge in [-0.25, -0.2) is 4.98 Å². The van der Waals surface area contributed by atoms with Gasteiger partial charge in [0.25, 0.3) is 0 Å². The van der Waals surface area contributed by atoms with Crippen molar-refractivity contribution in [2.75, 3.05) is 12.0 Å². The smallest absolute Gasteiger partial charge is 0.240 e. The topological polar surface area (TPSA) is 71.1 Å². The quantitative estimate of drug-likeness (QED) is 0.664. The van der Waals surface area contributed by atoms with Gasteiger partial charge in [-0.05, 0) is 56.2 Å². The minimum Gasteiger partial charge on any atom is -0.497 e. The predicted molar refractivity (Wildman–Crippen MR) is 111 cm³/mol. The Morgan fingerprint density at radius 1 is 1.25 bits per heavy atom. The third kappa shape index (κ3) is 3.49. The molecule has 7 heteroatoms. The Kier molecular flexibility index (Phi) is 5.09. The van der Waals surface area contributed by atoms with Crippen LogP contribution in [0.15, 0.2) is 53.7 Å². The van der Waals surface area contributed by atoms with Gasteiger partial charge in [-0.1, -0.05) is 30.0 Å². The molecule has 1 aliphatic rings. The van der Waals surface area contributed by atoms with Crippen LogP contribution < -0.4 is 9.64 Å². The van der Waals surface area contributed by atoms with Crippen LogP contribution in [0.1, 0.15) is 19.4 Å². The Hall–Kier alpha value is -2.80. The molecule has 1 N–H and O–H groups in total. The Balaban J connectivity index is 1.47. The van der Waals surface area contributed by atoms with Crippen molar-refractivity contribution in [2.24, 2.45) is 0 Å². The Morgan fingerprint density at radius 3 is 2.75 bits per heavy atom. The maximum absolute atomic E-state index is 13.1. The second kappa shape index (κ2) is 7.67. The number of nitrogens with one attached hydrogen (secondary N) is 1. The number of rotatable bonds is 5. The molecule has 0 unspecified atom stereocenters. The highest BCUT2D eigenvalue weighted by Gasteiger charge is 2.33. The number of aromatic nitrogens is 3. The van der Waals surface area contributed by atoms with E-state index in [1.165, 1.54) is 17.3 Å². The molecular weight excluding hydrogens is 372 g/mol. The van der Waals surface area contributed by atoms with Gasteiger partial charge in [0, 0.05) is 17.3 Å². The summed E-state index contributed by atoms with van der Waals surface area (Å²) in [5.41, 5.74) is 3.16. The number of methoxy groups -OCH3 is 1. The molecule has 28 heavy (non-hydrogen) atoms. The highest BCUT2D eigenvalue weighted by atomic mass is 32.2. The van der Waals surface area contributed by atoms with E-state index in [1.807, 2.05) is 54.3 Å². The third-order valence-electron chi connectivity index (χ3n) is 4.90. The number of hydrogen-bond acceptors (Lipinski definition) is 5. The number of anilines is 1. The number of ether oxygens (including phenoxy) is 1. The number of H-pyrrole nitrogens is 1. The van der Waals surface area contributed by atoms with Gasteiger partial charge >= 0.3 is 0 Å². The molecule has 2 atom stereocenters. The number of aromatic amines is 1. The van der Waals surface area contributed by atoms with Crippen LogP contribution in [0.3, 0.4) is 0 Å². The first-order valence-corrected chi connectivity index (χ1v) is 10.1. The van der Waals surface area contributed by atoms with Crippen LogP contribution in [0.25, 0.3) is 11.4 Å². The van der Waals surface area contributed by atoms with E-state index in [0.717, 1.165) is 23.4 Å². The fraction of sp³-hybridized carbons (Fsp3) is 0.286. The van der Waals surface area contributed by atoms with Gasteiger partial charge in [-0.2, -0.15) is 0 Å². The number of hydrogen-bond donors (Lipinski definition) is 1. The standard InChI is InChI=1S/C21H22N4O2S/c1-13-12-16-6-4-5-7-18(16)25(13)20(26)14(2)28-21-22-19(23-24-21)15-8-10-17(27-3)11-9-15/h4-11,13-14H,12H2,1-3H3,(H,22,23,24)/t13-,14+/m0/s1. The van der Waals surface area contributed by atoms with Gasteiger partial charge in [0.1, 0.15) is 5.75 Å². The van der Waals surface area contributed by atoms with Crippen LogP contribution >= 0.6 is 11.8 Å². The number of benzene rings is 2. The van der Waals surface area contributed by atoms with Gasteiger partial charge in [-0.3, -0.25) is 9.89 Å². The molecule has 0 radical (unpaired) electrons. The lowest BCUT2D eigenvalue weighted by Crippen LogP contribution is -2.40. The fourth-order valence-corrected chi connectivity index (χ4v) is 4.26.